The van der Waals surface area contributed by atoms with Crippen molar-refractivity contribution in [2.45, 2.75) is 24.7 Å². The van der Waals surface area contributed by atoms with Crippen LogP contribution in [0.5, 0.6) is 0 Å². The van der Waals surface area contributed by atoms with Gasteiger partial charge in [0, 0.05) is 30.4 Å². The molecule has 3 N–H and O–H groups in total. The summed E-state index contributed by atoms with van der Waals surface area (Å²) in [6.07, 6.45) is 0. The molecule has 0 aliphatic carbocycles. The second-order valence-corrected chi connectivity index (χ2v) is 8.52. The summed E-state index contributed by atoms with van der Waals surface area (Å²) in [7, 11) is -3.47. The summed E-state index contributed by atoms with van der Waals surface area (Å²) in [5, 5.41) is 8.41. The summed E-state index contributed by atoms with van der Waals surface area (Å²) >= 11 is 1.73. The molecule has 1 heterocycles. The topological polar surface area (TPSA) is 82.6 Å². The second kappa shape index (κ2) is 12.3. The van der Waals surface area contributed by atoms with Crippen molar-refractivity contribution in [3.8, 4) is 0 Å². The van der Waals surface area contributed by atoms with Crippen LogP contribution in [0.3, 0.4) is 0 Å². The van der Waals surface area contributed by atoms with Crippen molar-refractivity contribution in [3.05, 3.63) is 52.7 Å². The lowest BCUT2D eigenvalue weighted by atomic mass is 10.1. The van der Waals surface area contributed by atoms with Gasteiger partial charge in [-0.15, -0.1) is 35.3 Å². The fourth-order valence-corrected chi connectivity index (χ4v) is 4.11. The number of aliphatic imine (C=N–C) groups is 1. The van der Waals surface area contributed by atoms with E-state index in [4.69, 9.17) is 0 Å². The number of guanidine groups is 1. The molecule has 0 aliphatic rings. The van der Waals surface area contributed by atoms with Gasteiger partial charge in [0.1, 0.15) is 0 Å². The first-order chi connectivity index (χ1) is 12.5. The third kappa shape index (κ3) is 8.16. The lowest BCUT2D eigenvalue weighted by Gasteiger charge is -2.13. The minimum atomic E-state index is -3.47. The Bertz CT molecular complexity index is 781. The van der Waals surface area contributed by atoms with E-state index in [0.29, 0.717) is 25.0 Å². The van der Waals surface area contributed by atoms with Crippen LogP contribution in [0.15, 0.2) is 57.7 Å². The normalized spacial score (nSPS) is 12.9. The molecular weight excluding hydrogens is 495 g/mol. The molecular formula is C18H27IN4O2S2. The fraction of sp³-hybridized carbons (Fsp3) is 0.389. The number of hydrogen-bond donors (Lipinski definition) is 3. The Hall–Kier alpha value is -1.17. The quantitative estimate of drug-likeness (QED) is 0.205. The highest BCUT2D eigenvalue weighted by molar-refractivity contribution is 14.0. The largest absolute Gasteiger partial charge is 0.357 e. The van der Waals surface area contributed by atoms with Crippen LogP contribution in [0.25, 0.3) is 0 Å². The maximum Gasteiger partial charge on any atom is 0.240 e. The molecule has 0 saturated carbocycles. The fourth-order valence-electron chi connectivity index (χ4n) is 2.28. The molecule has 1 aromatic carbocycles. The molecule has 27 heavy (non-hydrogen) atoms. The monoisotopic (exact) mass is 522 g/mol. The minimum absolute atomic E-state index is 0. The molecule has 1 unspecified atom stereocenters. The Balaban J connectivity index is 0.00000364. The van der Waals surface area contributed by atoms with Gasteiger partial charge in [-0.1, -0.05) is 31.2 Å². The third-order valence-electron chi connectivity index (χ3n) is 3.66. The van der Waals surface area contributed by atoms with Gasteiger partial charge >= 0.3 is 0 Å². The Labute approximate surface area is 182 Å². The summed E-state index contributed by atoms with van der Waals surface area (Å²) in [6, 6.07) is 12.5. The molecule has 0 fully saturated rings. The first-order valence-corrected chi connectivity index (χ1v) is 11.0. The van der Waals surface area contributed by atoms with Gasteiger partial charge in [0.05, 0.1) is 11.4 Å². The molecule has 1 aromatic heterocycles. The number of thiophene rings is 1. The molecule has 2 aromatic rings. The van der Waals surface area contributed by atoms with Crippen LogP contribution in [-0.2, 0) is 10.0 Å². The predicted molar refractivity (Wildman–Crippen MR) is 124 cm³/mol. The maximum atomic E-state index is 12.2. The Morgan fingerprint density at radius 2 is 1.85 bits per heavy atom. The van der Waals surface area contributed by atoms with E-state index < -0.39 is 10.0 Å². The average molecular weight is 522 g/mol. The zero-order valence-corrected chi connectivity index (χ0v) is 19.5. The summed E-state index contributed by atoms with van der Waals surface area (Å²) in [4.78, 5) is 6.16. The zero-order chi connectivity index (χ0) is 18.8. The second-order valence-electron chi connectivity index (χ2n) is 5.77. The van der Waals surface area contributed by atoms with E-state index in [1.54, 1.807) is 41.7 Å². The van der Waals surface area contributed by atoms with Crippen LogP contribution in [0.4, 0.5) is 0 Å². The molecule has 0 saturated heterocycles. The highest BCUT2D eigenvalue weighted by atomic mass is 127. The van der Waals surface area contributed by atoms with Gasteiger partial charge in [-0.2, -0.15) is 0 Å². The highest BCUT2D eigenvalue weighted by Gasteiger charge is 2.12. The van der Waals surface area contributed by atoms with Gasteiger partial charge in [-0.3, -0.25) is 4.99 Å². The number of sulfonamides is 1. The van der Waals surface area contributed by atoms with Crippen LogP contribution in [-0.4, -0.2) is 40.6 Å². The Kier molecular flexibility index (Phi) is 10.9. The summed E-state index contributed by atoms with van der Waals surface area (Å²) in [5.74, 6) is 1.04. The van der Waals surface area contributed by atoms with E-state index in [9.17, 15) is 8.42 Å². The van der Waals surface area contributed by atoms with Crippen LogP contribution in [0.2, 0.25) is 0 Å². The number of halogens is 1. The molecule has 0 bridgehead atoms. The van der Waals surface area contributed by atoms with E-state index in [1.807, 2.05) is 13.0 Å². The van der Waals surface area contributed by atoms with E-state index in [2.05, 4.69) is 38.7 Å². The molecule has 2 rings (SSSR count). The molecule has 0 aliphatic heterocycles. The first-order valence-electron chi connectivity index (χ1n) is 8.63. The molecule has 0 radical (unpaired) electrons. The molecule has 9 heteroatoms. The van der Waals surface area contributed by atoms with Crippen LogP contribution >= 0.6 is 35.3 Å². The van der Waals surface area contributed by atoms with Gasteiger partial charge < -0.3 is 10.6 Å². The van der Waals surface area contributed by atoms with E-state index in [1.165, 1.54) is 4.88 Å². The van der Waals surface area contributed by atoms with Gasteiger partial charge in [-0.25, -0.2) is 13.1 Å². The van der Waals surface area contributed by atoms with E-state index in [-0.39, 0.29) is 35.4 Å². The minimum Gasteiger partial charge on any atom is -0.357 e. The third-order valence-corrected chi connectivity index (χ3v) is 6.24. The van der Waals surface area contributed by atoms with Gasteiger partial charge in [-0.05, 0) is 30.5 Å². The van der Waals surface area contributed by atoms with Gasteiger partial charge in [0.25, 0.3) is 0 Å². The van der Waals surface area contributed by atoms with Crippen LogP contribution < -0.4 is 15.4 Å². The summed E-state index contributed by atoms with van der Waals surface area (Å²) < 4.78 is 26.9. The first kappa shape index (κ1) is 23.9. The zero-order valence-electron chi connectivity index (χ0n) is 15.5. The number of nitrogens with one attached hydrogen (secondary N) is 3. The van der Waals surface area contributed by atoms with Crippen molar-refractivity contribution in [3.63, 3.8) is 0 Å². The van der Waals surface area contributed by atoms with Crippen molar-refractivity contribution < 1.29 is 8.42 Å². The standard InChI is InChI=1S/C18H26N4O2S2.HI/c1-3-19-18(21-14-15(2)17-10-7-13-25-17)20-11-12-22-26(23,24)16-8-5-4-6-9-16;/h4-10,13,15,22H,3,11-12,14H2,1-2H3,(H2,19,20,21);1H. The summed E-state index contributed by atoms with van der Waals surface area (Å²) in [6.45, 7) is 6.29. The van der Waals surface area contributed by atoms with E-state index >= 15 is 0 Å². The summed E-state index contributed by atoms with van der Waals surface area (Å²) in [5.41, 5.74) is 0. The number of hydrogen-bond acceptors (Lipinski definition) is 4. The highest BCUT2D eigenvalue weighted by Crippen LogP contribution is 2.20. The van der Waals surface area contributed by atoms with Crippen molar-refractivity contribution in [1.82, 2.24) is 15.4 Å². The lowest BCUT2D eigenvalue weighted by Crippen LogP contribution is -2.41. The number of benzene rings is 1. The lowest BCUT2D eigenvalue weighted by molar-refractivity contribution is 0.580. The predicted octanol–water partition coefficient (Wildman–Crippen LogP) is 3.00. The van der Waals surface area contributed by atoms with Crippen molar-refractivity contribution >= 4 is 51.3 Å². The molecule has 6 nitrogen and oxygen atoms in total. The van der Waals surface area contributed by atoms with Gasteiger partial charge in [0.2, 0.25) is 10.0 Å². The average Bonchev–Trinajstić information content (AvgIpc) is 3.18. The van der Waals surface area contributed by atoms with E-state index in [0.717, 1.165) is 6.54 Å². The molecule has 150 valence electrons. The van der Waals surface area contributed by atoms with Crippen LogP contribution in [0.1, 0.15) is 24.6 Å². The van der Waals surface area contributed by atoms with Crippen molar-refractivity contribution in [1.29, 1.82) is 0 Å². The molecule has 0 spiro atoms. The molecule has 1 atom stereocenters. The number of rotatable bonds is 9. The van der Waals surface area contributed by atoms with Crippen molar-refractivity contribution in [2.24, 2.45) is 4.99 Å². The Morgan fingerprint density at radius 3 is 2.48 bits per heavy atom. The number of nitrogens with zero attached hydrogens (tertiary/aromatic N) is 1. The van der Waals surface area contributed by atoms with Gasteiger partial charge in [0.15, 0.2) is 5.96 Å². The van der Waals surface area contributed by atoms with Crippen LogP contribution in [0, 0.1) is 0 Å². The van der Waals surface area contributed by atoms with Crippen molar-refractivity contribution in [2.75, 3.05) is 26.2 Å². The smallest absolute Gasteiger partial charge is 0.240 e. The SMILES string of the molecule is CCNC(=NCC(C)c1cccs1)NCCNS(=O)(=O)c1ccccc1.I. The maximum absolute atomic E-state index is 12.2. The molecule has 0 amide bonds. The Morgan fingerprint density at radius 1 is 1.11 bits per heavy atom.